The molecular weight excluding hydrogens is 312 g/mol. The number of para-hydroxylation sites is 1. The molecule has 126 valence electrons. The Morgan fingerprint density at radius 3 is 2.44 bits per heavy atom. The third-order valence-electron chi connectivity index (χ3n) is 4.69. The van der Waals surface area contributed by atoms with Crippen LogP contribution in [0.15, 0.2) is 67.0 Å². The van der Waals surface area contributed by atoms with Crippen LogP contribution in [0, 0.1) is 0 Å². The molecule has 1 amide bonds. The predicted molar refractivity (Wildman–Crippen MR) is 95.4 cm³/mol. The van der Waals surface area contributed by atoms with Gasteiger partial charge >= 0.3 is 0 Å². The highest BCUT2D eigenvalue weighted by Gasteiger charge is 2.32. The summed E-state index contributed by atoms with van der Waals surface area (Å²) in [6.07, 6.45) is 4.74. The largest absolute Gasteiger partial charge is 0.328 e. The molecule has 25 heavy (non-hydrogen) atoms. The summed E-state index contributed by atoms with van der Waals surface area (Å²) in [5, 5.41) is 8.48. The van der Waals surface area contributed by atoms with Gasteiger partial charge in [0.25, 0.3) is 5.91 Å². The van der Waals surface area contributed by atoms with E-state index in [1.165, 1.54) is 0 Å². The highest BCUT2D eigenvalue weighted by molar-refractivity contribution is 5.94. The Hall–Kier alpha value is -2.95. The van der Waals surface area contributed by atoms with Gasteiger partial charge in [0, 0.05) is 17.8 Å². The van der Waals surface area contributed by atoms with Gasteiger partial charge in [-0.05, 0) is 43.5 Å². The van der Waals surface area contributed by atoms with E-state index in [0.29, 0.717) is 0 Å². The smallest absolute Gasteiger partial charge is 0.254 e. The van der Waals surface area contributed by atoms with E-state index >= 15 is 0 Å². The van der Waals surface area contributed by atoms with Gasteiger partial charge in [0.1, 0.15) is 6.33 Å². The number of likely N-dealkylation sites (tertiary alicyclic amines) is 1. The third kappa shape index (κ3) is 3.05. The molecule has 0 aliphatic carbocycles. The molecule has 1 aromatic heterocycles. The number of amides is 1. The summed E-state index contributed by atoms with van der Waals surface area (Å²) in [5.74, 6) is 0.892. The molecule has 1 unspecified atom stereocenters. The molecule has 1 atom stereocenters. The van der Waals surface area contributed by atoms with Gasteiger partial charge < -0.3 is 4.90 Å². The van der Waals surface area contributed by atoms with E-state index in [4.69, 9.17) is 0 Å². The summed E-state index contributed by atoms with van der Waals surface area (Å²) in [5.41, 5.74) is 1.74. The maximum Gasteiger partial charge on any atom is 0.254 e. The second-order valence-electron chi connectivity index (χ2n) is 6.27. The molecule has 4 rings (SSSR count). The van der Waals surface area contributed by atoms with Crippen LogP contribution in [0.5, 0.6) is 0 Å². The molecule has 1 fully saturated rings. The number of benzene rings is 2. The number of aromatic nitrogens is 3. The lowest BCUT2D eigenvalue weighted by molar-refractivity contribution is 0.0597. The monoisotopic (exact) mass is 332 g/mol. The zero-order valence-corrected chi connectivity index (χ0v) is 14.0. The van der Waals surface area contributed by atoms with Gasteiger partial charge in [-0.15, -0.1) is 10.2 Å². The molecule has 0 radical (unpaired) electrons. The first-order chi connectivity index (χ1) is 12.3. The first-order valence-corrected chi connectivity index (χ1v) is 8.66. The number of nitrogens with zero attached hydrogens (tertiary/aromatic N) is 4. The Labute approximate surface area is 146 Å². The van der Waals surface area contributed by atoms with E-state index < -0.39 is 0 Å². The molecule has 1 aliphatic rings. The summed E-state index contributed by atoms with van der Waals surface area (Å²) in [7, 11) is 0. The normalized spacial score (nSPS) is 17.4. The number of hydrogen-bond acceptors (Lipinski definition) is 3. The van der Waals surface area contributed by atoms with Crippen LogP contribution in [0.25, 0.3) is 5.69 Å². The van der Waals surface area contributed by atoms with Crippen LogP contribution < -0.4 is 0 Å². The van der Waals surface area contributed by atoms with Crippen LogP contribution in [-0.2, 0) is 0 Å². The molecule has 0 N–H and O–H groups in total. The van der Waals surface area contributed by atoms with Crippen molar-refractivity contribution < 1.29 is 4.79 Å². The Balaban J connectivity index is 1.69. The molecule has 1 aliphatic heterocycles. The molecule has 0 saturated carbocycles. The van der Waals surface area contributed by atoms with E-state index in [-0.39, 0.29) is 11.9 Å². The zero-order chi connectivity index (χ0) is 17.1. The lowest BCUT2D eigenvalue weighted by atomic mass is 10.00. The van der Waals surface area contributed by atoms with Crippen LogP contribution in [-0.4, -0.2) is 32.1 Å². The van der Waals surface area contributed by atoms with Crippen molar-refractivity contribution in [2.45, 2.75) is 25.3 Å². The zero-order valence-electron chi connectivity index (χ0n) is 14.0. The van der Waals surface area contributed by atoms with E-state index in [0.717, 1.165) is 42.9 Å². The van der Waals surface area contributed by atoms with Gasteiger partial charge in [0.2, 0.25) is 0 Å². The fourth-order valence-electron chi connectivity index (χ4n) is 3.45. The highest BCUT2D eigenvalue weighted by Crippen LogP contribution is 2.32. The van der Waals surface area contributed by atoms with Crippen LogP contribution in [0.1, 0.15) is 41.5 Å². The lowest BCUT2D eigenvalue weighted by Crippen LogP contribution is -2.39. The topological polar surface area (TPSA) is 51.0 Å². The standard InChI is InChI=1S/C20H20N4O/c25-20(16-9-3-1-4-10-16)23-14-8-7-13-18(23)19-22-21-15-24(19)17-11-5-2-6-12-17/h1-6,9-12,15,18H,7-8,13-14H2. The van der Waals surface area contributed by atoms with Gasteiger partial charge in [-0.25, -0.2) is 0 Å². The van der Waals surface area contributed by atoms with Crippen molar-refractivity contribution in [2.24, 2.45) is 0 Å². The molecule has 5 nitrogen and oxygen atoms in total. The van der Waals surface area contributed by atoms with Gasteiger partial charge in [-0.3, -0.25) is 9.36 Å². The summed E-state index contributed by atoms with van der Waals surface area (Å²) in [6.45, 7) is 0.750. The summed E-state index contributed by atoms with van der Waals surface area (Å²) >= 11 is 0. The van der Waals surface area contributed by atoms with Crippen LogP contribution in [0.4, 0.5) is 0 Å². The minimum absolute atomic E-state index is 0.0517. The van der Waals surface area contributed by atoms with E-state index in [9.17, 15) is 4.79 Å². The van der Waals surface area contributed by atoms with Crippen molar-refractivity contribution in [3.63, 3.8) is 0 Å². The van der Waals surface area contributed by atoms with Gasteiger partial charge in [0.15, 0.2) is 5.82 Å². The van der Waals surface area contributed by atoms with Crippen molar-refractivity contribution >= 4 is 5.91 Å². The number of piperidine rings is 1. The molecule has 1 saturated heterocycles. The average molecular weight is 332 g/mol. The Morgan fingerprint density at radius 1 is 0.960 bits per heavy atom. The molecule has 0 bridgehead atoms. The molecule has 2 aromatic carbocycles. The Morgan fingerprint density at radius 2 is 1.68 bits per heavy atom. The van der Waals surface area contributed by atoms with E-state index in [1.807, 2.05) is 70.1 Å². The van der Waals surface area contributed by atoms with Crippen LogP contribution in [0.3, 0.4) is 0 Å². The molecule has 5 heteroatoms. The maximum absolute atomic E-state index is 13.0. The fourth-order valence-corrected chi connectivity index (χ4v) is 3.45. The first-order valence-electron chi connectivity index (χ1n) is 8.66. The number of carbonyl (C=O) groups excluding carboxylic acids is 1. The average Bonchev–Trinajstić information content (AvgIpc) is 3.18. The lowest BCUT2D eigenvalue weighted by Gasteiger charge is -2.35. The van der Waals surface area contributed by atoms with Gasteiger partial charge in [-0.1, -0.05) is 36.4 Å². The molecule has 0 spiro atoms. The highest BCUT2D eigenvalue weighted by atomic mass is 16.2. The minimum Gasteiger partial charge on any atom is -0.328 e. The SMILES string of the molecule is O=C(c1ccccc1)N1CCCCC1c1nncn1-c1ccccc1. The minimum atomic E-state index is -0.0517. The van der Waals surface area contributed by atoms with E-state index in [2.05, 4.69) is 10.2 Å². The molecule has 2 heterocycles. The first kappa shape index (κ1) is 15.6. The Bertz CT molecular complexity index is 844. The van der Waals surface area contributed by atoms with Crippen molar-refractivity contribution in [3.8, 4) is 5.69 Å². The van der Waals surface area contributed by atoms with E-state index in [1.54, 1.807) is 6.33 Å². The second-order valence-corrected chi connectivity index (χ2v) is 6.27. The third-order valence-corrected chi connectivity index (χ3v) is 4.69. The fraction of sp³-hybridized carbons (Fsp3) is 0.250. The van der Waals surface area contributed by atoms with Gasteiger partial charge in [-0.2, -0.15) is 0 Å². The maximum atomic E-state index is 13.0. The van der Waals surface area contributed by atoms with Gasteiger partial charge in [0.05, 0.1) is 6.04 Å². The summed E-state index contributed by atoms with van der Waals surface area (Å²) in [4.78, 5) is 15.0. The quantitative estimate of drug-likeness (QED) is 0.736. The predicted octanol–water partition coefficient (Wildman–Crippen LogP) is 3.63. The number of rotatable bonds is 3. The summed E-state index contributed by atoms with van der Waals surface area (Å²) in [6, 6.07) is 19.4. The van der Waals surface area contributed by atoms with Crippen LogP contribution in [0.2, 0.25) is 0 Å². The van der Waals surface area contributed by atoms with Crippen molar-refractivity contribution in [2.75, 3.05) is 6.54 Å². The second kappa shape index (κ2) is 6.89. The van der Waals surface area contributed by atoms with Crippen molar-refractivity contribution in [3.05, 3.63) is 78.4 Å². The summed E-state index contributed by atoms with van der Waals surface area (Å²) < 4.78 is 1.99. The van der Waals surface area contributed by atoms with Crippen molar-refractivity contribution in [1.82, 2.24) is 19.7 Å². The Kier molecular flexibility index (Phi) is 4.29. The van der Waals surface area contributed by atoms with Crippen molar-refractivity contribution in [1.29, 1.82) is 0 Å². The van der Waals surface area contributed by atoms with Crippen LogP contribution >= 0.6 is 0 Å². The molecule has 3 aromatic rings. The number of carbonyl (C=O) groups is 1. The molecular formula is C20H20N4O. The number of hydrogen-bond donors (Lipinski definition) is 0.